The lowest BCUT2D eigenvalue weighted by Crippen LogP contribution is -2.40. The van der Waals surface area contributed by atoms with E-state index < -0.39 is 0 Å². The molecule has 0 aliphatic carbocycles. The fourth-order valence-corrected chi connectivity index (χ4v) is 1.60. The fraction of sp³-hybridized carbons (Fsp3) is 1.00. The minimum Gasteiger partial charge on any atom is -0.380 e. The molecule has 1 N–H and O–H groups in total. The van der Waals surface area contributed by atoms with E-state index in [0.717, 1.165) is 19.5 Å². The summed E-state index contributed by atoms with van der Waals surface area (Å²) in [5, 5.41) is 3.42. The van der Waals surface area contributed by atoms with Crippen LogP contribution in [-0.2, 0) is 4.74 Å². The summed E-state index contributed by atoms with van der Waals surface area (Å²) in [7, 11) is 5.97. The second kappa shape index (κ2) is 4.04. The van der Waals surface area contributed by atoms with Crippen molar-refractivity contribution in [2.24, 2.45) is 0 Å². The molecule has 0 amide bonds. The Morgan fingerprint density at radius 2 is 2.27 bits per heavy atom. The molecule has 0 aromatic rings. The molecule has 2 atom stereocenters. The Morgan fingerprint density at radius 3 is 2.82 bits per heavy atom. The zero-order valence-electron chi connectivity index (χ0n) is 7.63. The number of likely N-dealkylation sites (N-methyl/N-ethyl adjacent to an activating group) is 1. The Hall–Kier alpha value is -0.120. The van der Waals surface area contributed by atoms with Crippen LogP contribution in [0.5, 0.6) is 0 Å². The first-order chi connectivity index (χ1) is 5.24. The smallest absolute Gasteiger partial charge is 0.0748 e. The molecule has 0 aromatic heterocycles. The van der Waals surface area contributed by atoms with Crippen LogP contribution in [0.25, 0.3) is 0 Å². The number of ether oxygens (including phenoxy) is 1. The van der Waals surface area contributed by atoms with Gasteiger partial charge in [-0.05, 0) is 27.1 Å². The monoisotopic (exact) mass is 158 g/mol. The number of hydrogen-bond acceptors (Lipinski definition) is 3. The van der Waals surface area contributed by atoms with Crippen molar-refractivity contribution in [1.82, 2.24) is 10.2 Å². The van der Waals surface area contributed by atoms with Crippen molar-refractivity contribution in [3.05, 3.63) is 0 Å². The first-order valence-corrected chi connectivity index (χ1v) is 4.15. The summed E-state index contributed by atoms with van der Waals surface area (Å²) in [5.41, 5.74) is 0. The maximum atomic E-state index is 5.34. The fourth-order valence-electron chi connectivity index (χ4n) is 1.60. The van der Waals surface area contributed by atoms with Gasteiger partial charge in [-0.1, -0.05) is 0 Å². The molecule has 0 spiro atoms. The molecule has 1 heterocycles. The molecule has 1 aliphatic rings. The van der Waals surface area contributed by atoms with Crippen LogP contribution in [0.2, 0.25) is 0 Å². The predicted molar refractivity (Wildman–Crippen MR) is 45.8 cm³/mol. The molecule has 0 aromatic carbocycles. The van der Waals surface area contributed by atoms with Crippen LogP contribution >= 0.6 is 0 Å². The van der Waals surface area contributed by atoms with Crippen molar-refractivity contribution in [3.8, 4) is 0 Å². The number of hydrogen-bond donors (Lipinski definition) is 1. The number of methoxy groups -OCH3 is 1. The van der Waals surface area contributed by atoms with E-state index in [4.69, 9.17) is 4.74 Å². The lowest BCUT2D eigenvalue weighted by atomic mass is 10.2. The van der Waals surface area contributed by atoms with Crippen LogP contribution in [-0.4, -0.2) is 51.3 Å². The van der Waals surface area contributed by atoms with Crippen LogP contribution in [0.1, 0.15) is 6.42 Å². The molecule has 0 bridgehead atoms. The van der Waals surface area contributed by atoms with E-state index in [0.29, 0.717) is 12.1 Å². The highest BCUT2D eigenvalue weighted by Crippen LogP contribution is 2.10. The van der Waals surface area contributed by atoms with Crippen LogP contribution in [0, 0.1) is 0 Å². The van der Waals surface area contributed by atoms with Crippen molar-refractivity contribution < 1.29 is 4.74 Å². The van der Waals surface area contributed by atoms with Gasteiger partial charge in [0.25, 0.3) is 0 Å². The predicted octanol–water partition coefficient (Wildman–Crippen LogP) is -0.0751. The molecular formula is C8H18N2O. The second-order valence-electron chi connectivity index (χ2n) is 3.39. The lowest BCUT2D eigenvalue weighted by molar-refractivity contribution is 0.0834. The maximum absolute atomic E-state index is 5.34. The highest BCUT2D eigenvalue weighted by Gasteiger charge is 2.26. The molecule has 3 heteroatoms. The molecular weight excluding hydrogens is 140 g/mol. The summed E-state index contributed by atoms with van der Waals surface area (Å²) < 4.78 is 5.34. The van der Waals surface area contributed by atoms with Gasteiger partial charge in [0.15, 0.2) is 0 Å². The average Bonchev–Trinajstić information content (AvgIpc) is 2.34. The van der Waals surface area contributed by atoms with Gasteiger partial charge in [0.05, 0.1) is 6.10 Å². The Morgan fingerprint density at radius 1 is 1.55 bits per heavy atom. The van der Waals surface area contributed by atoms with Crippen LogP contribution < -0.4 is 5.32 Å². The third-order valence-electron chi connectivity index (χ3n) is 2.15. The first kappa shape index (κ1) is 8.97. The quantitative estimate of drug-likeness (QED) is 0.622. The van der Waals surface area contributed by atoms with Gasteiger partial charge in [-0.2, -0.15) is 0 Å². The van der Waals surface area contributed by atoms with Crippen molar-refractivity contribution >= 4 is 0 Å². The zero-order chi connectivity index (χ0) is 8.27. The molecule has 3 nitrogen and oxygen atoms in total. The summed E-state index contributed by atoms with van der Waals surface area (Å²) in [6, 6.07) is 0.523. The highest BCUT2D eigenvalue weighted by atomic mass is 16.5. The maximum Gasteiger partial charge on any atom is 0.0748 e. The van der Waals surface area contributed by atoms with Gasteiger partial charge < -0.3 is 15.0 Å². The Balaban J connectivity index is 2.31. The second-order valence-corrected chi connectivity index (χ2v) is 3.39. The van der Waals surface area contributed by atoms with Crippen molar-refractivity contribution in [1.29, 1.82) is 0 Å². The standard InChI is InChI=1S/C8H18N2O/c1-10(2)6-7-8(11-3)4-5-9-7/h7-9H,4-6H2,1-3H3. The molecule has 66 valence electrons. The molecule has 1 saturated heterocycles. The normalized spacial score (nSPS) is 31.6. The Labute approximate surface area is 68.7 Å². The van der Waals surface area contributed by atoms with E-state index in [1.165, 1.54) is 0 Å². The Bertz CT molecular complexity index is 117. The summed E-state index contributed by atoms with van der Waals surface area (Å²) >= 11 is 0. The largest absolute Gasteiger partial charge is 0.380 e. The third-order valence-corrected chi connectivity index (χ3v) is 2.15. The van der Waals surface area contributed by atoms with E-state index in [1.807, 2.05) is 0 Å². The first-order valence-electron chi connectivity index (χ1n) is 4.15. The average molecular weight is 158 g/mol. The minimum absolute atomic E-state index is 0.414. The molecule has 1 fully saturated rings. The van der Waals surface area contributed by atoms with Gasteiger partial charge in [-0.3, -0.25) is 0 Å². The minimum atomic E-state index is 0.414. The Kier molecular flexibility index (Phi) is 3.30. The van der Waals surface area contributed by atoms with E-state index in [9.17, 15) is 0 Å². The van der Waals surface area contributed by atoms with Gasteiger partial charge in [0, 0.05) is 19.7 Å². The SMILES string of the molecule is COC1CCNC1CN(C)C. The zero-order valence-corrected chi connectivity index (χ0v) is 7.63. The van der Waals surface area contributed by atoms with Gasteiger partial charge in [-0.15, -0.1) is 0 Å². The number of nitrogens with zero attached hydrogens (tertiary/aromatic N) is 1. The lowest BCUT2D eigenvalue weighted by Gasteiger charge is -2.21. The highest BCUT2D eigenvalue weighted by molar-refractivity contribution is 4.85. The van der Waals surface area contributed by atoms with Crippen molar-refractivity contribution in [2.45, 2.75) is 18.6 Å². The third kappa shape index (κ3) is 2.43. The molecule has 11 heavy (non-hydrogen) atoms. The van der Waals surface area contributed by atoms with E-state index in [2.05, 4.69) is 24.3 Å². The molecule has 2 unspecified atom stereocenters. The summed E-state index contributed by atoms with van der Waals surface area (Å²) in [5.74, 6) is 0. The van der Waals surface area contributed by atoms with Gasteiger partial charge >= 0.3 is 0 Å². The summed E-state index contributed by atoms with van der Waals surface area (Å²) in [6.45, 7) is 2.16. The number of rotatable bonds is 3. The summed E-state index contributed by atoms with van der Waals surface area (Å²) in [4.78, 5) is 2.19. The van der Waals surface area contributed by atoms with Crippen molar-refractivity contribution in [3.63, 3.8) is 0 Å². The molecule has 0 saturated carbocycles. The van der Waals surface area contributed by atoms with E-state index in [1.54, 1.807) is 7.11 Å². The van der Waals surface area contributed by atoms with Crippen LogP contribution in [0.4, 0.5) is 0 Å². The molecule has 1 rings (SSSR count). The number of nitrogens with one attached hydrogen (secondary N) is 1. The topological polar surface area (TPSA) is 24.5 Å². The van der Waals surface area contributed by atoms with E-state index in [-0.39, 0.29) is 0 Å². The van der Waals surface area contributed by atoms with Crippen LogP contribution in [0.3, 0.4) is 0 Å². The summed E-state index contributed by atoms with van der Waals surface area (Å²) in [6.07, 6.45) is 1.56. The molecule has 0 radical (unpaired) electrons. The van der Waals surface area contributed by atoms with Gasteiger partial charge in [0.2, 0.25) is 0 Å². The van der Waals surface area contributed by atoms with Crippen molar-refractivity contribution in [2.75, 3.05) is 34.3 Å². The van der Waals surface area contributed by atoms with Crippen LogP contribution in [0.15, 0.2) is 0 Å². The van der Waals surface area contributed by atoms with Gasteiger partial charge in [0.1, 0.15) is 0 Å². The van der Waals surface area contributed by atoms with Gasteiger partial charge in [-0.25, -0.2) is 0 Å². The molecule has 1 aliphatic heterocycles. The van der Waals surface area contributed by atoms with E-state index >= 15 is 0 Å².